The number of rotatable bonds is 4. The number of carbonyl (C=O) groups is 1. The van der Waals surface area contributed by atoms with Crippen molar-refractivity contribution >= 4 is 11.6 Å². The first-order chi connectivity index (χ1) is 10.8. The van der Waals surface area contributed by atoms with Crippen molar-refractivity contribution < 1.29 is 23.1 Å². The Morgan fingerprint density at radius 1 is 1.26 bits per heavy atom. The summed E-state index contributed by atoms with van der Waals surface area (Å²) in [4.78, 5) is 13.9. The van der Waals surface area contributed by atoms with Gasteiger partial charge in [-0.25, -0.2) is 0 Å². The first-order valence-electron chi connectivity index (χ1n) is 7.64. The van der Waals surface area contributed by atoms with Crippen molar-refractivity contribution in [2.75, 3.05) is 11.4 Å². The van der Waals surface area contributed by atoms with Crippen LogP contribution in [0.4, 0.5) is 18.9 Å². The van der Waals surface area contributed by atoms with Gasteiger partial charge >= 0.3 is 6.18 Å². The highest BCUT2D eigenvalue weighted by Gasteiger charge is 2.32. The summed E-state index contributed by atoms with van der Waals surface area (Å²) in [7, 11) is 0. The molecule has 1 saturated carbocycles. The highest BCUT2D eigenvalue weighted by molar-refractivity contribution is 5.95. The lowest BCUT2D eigenvalue weighted by molar-refractivity contribution is -0.137. The maximum Gasteiger partial charge on any atom is 0.416 e. The van der Waals surface area contributed by atoms with Crippen LogP contribution in [0.25, 0.3) is 0 Å². The molecule has 0 spiro atoms. The minimum Gasteiger partial charge on any atom is -0.511 e. The van der Waals surface area contributed by atoms with E-state index >= 15 is 0 Å². The lowest BCUT2D eigenvalue weighted by Gasteiger charge is -2.29. The molecule has 1 aromatic carbocycles. The summed E-state index contributed by atoms with van der Waals surface area (Å²) in [5.74, 6) is -0.719. The van der Waals surface area contributed by atoms with Crippen molar-refractivity contribution in [3.05, 3.63) is 42.2 Å². The number of aliphatic hydroxyl groups excluding tert-OH is 1. The number of amides is 1. The van der Waals surface area contributed by atoms with Gasteiger partial charge in [0.1, 0.15) is 5.76 Å². The fourth-order valence-corrected chi connectivity index (χ4v) is 2.90. The molecule has 0 heterocycles. The Hall–Kier alpha value is -1.98. The van der Waals surface area contributed by atoms with Gasteiger partial charge in [0.2, 0.25) is 5.91 Å². The largest absolute Gasteiger partial charge is 0.511 e. The first-order valence-corrected chi connectivity index (χ1v) is 7.64. The molecule has 0 saturated heterocycles. The van der Waals surface area contributed by atoms with Gasteiger partial charge in [-0.15, -0.1) is 0 Å². The van der Waals surface area contributed by atoms with Crippen LogP contribution in [0.2, 0.25) is 0 Å². The Labute approximate surface area is 133 Å². The van der Waals surface area contributed by atoms with E-state index in [0.29, 0.717) is 0 Å². The number of halogens is 3. The smallest absolute Gasteiger partial charge is 0.416 e. The molecule has 0 radical (unpaired) electrons. The third kappa shape index (κ3) is 4.50. The van der Waals surface area contributed by atoms with Gasteiger partial charge in [0, 0.05) is 11.6 Å². The fourth-order valence-electron chi connectivity index (χ4n) is 2.90. The molecule has 1 fully saturated rings. The van der Waals surface area contributed by atoms with Gasteiger partial charge in [0.25, 0.3) is 0 Å². The van der Waals surface area contributed by atoms with Gasteiger partial charge in [0.15, 0.2) is 0 Å². The molecular formula is C17H20F3NO2. The second-order valence-corrected chi connectivity index (χ2v) is 5.87. The van der Waals surface area contributed by atoms with Crippen molar-refractivity contribution in [3.8, 4) is 0 Å². The number of benzene rings is 1. The third-order valence-corrected chi connectivity index (χ3v) is 4.05. The Morgan fingerprint density at radius 3 is 2.48 bits per heavy atom. The van der Waals surface area contributed by atoms with Crippen molar-refractivity contribution in [3.63, 3.8) is 0 Å². The monoisotopic (exact) mass is 327 g/mol. The minimum atomic E-state index is -4.48. The second-order valence-electron chi connectivity index (χ2n) is 5.87. The van der Waals surface area contributed by atoms with E-state index < -0.39 is 11.7 Å². The molecular weight excluding hydrogens is 307 g/mol. The zero-order valence-corrected chi connectivity index (χ0v) is 12.8. The van der Waals surface area contributed by atoms with E-state index in [-0.39, 0.29) is 29.8 Å². The highest BCUT2D eigenvalue weighted by atomic mass is 19.4. The van der Waals surface area contributed by atoms with E-state index in [2.05, 4.69) is 6.58 Å². The predicted octanol–water partition coefficient (Wildman–Crippen LogP) is 4.69. The van der Waals surface area contributed by atoms with Crippen LogP contribution in [0.3, 0.4) is 0 Å². The van der Waals surface area contributed by atoms with Gasteiger partial charge < -0.3 is 10.0 Å². The maximum absolute atomic E-state index is 12.9. The summed E-state index contributed by atoms with van der Waals surface area (Å²) in [5, 5.41) is 9.45. The topological polar surface area (TPSA) is 40.5 Å². The summed E-state index contributed by atoms with van der Waals surface area (Å²) in [6.45, 7) is 3.16. The van der Waals surface area contributed by atoms with Gasteiger partial charge in [-0.3, -0.25) is 4.79 Å². The van der Waals surface area contributed by atoms with Crippen LogP contribution in [0, 0.1) is 5.92 Å². The molecule has 1 aromatic rings. The number of carbonyl (C=O) groups excluding carboxylic acids is 1. The summed E-state index contributed by atoms with van der Waals surface area (Å²) in [5.41, 5.74) is -0.689. The van der Waals surface area contributed by atoms with E-state index in [4.69, 9.17) is 0 Å². The van der Waals surface area contributed by atoms with E-state index in [9.17, 15) is 23.1 Å². The molecule has 1 aliphatic carbocycles. The number of nitrogens with zero attached hydrogens (tertiary/aromatic N) is 1. The molecule has 0 atom stereocenters. The summed E-state index contributed by atoms with van der Waals surface area (Å²) < 4.78 is 38.6. The molecule has 1 amide bonds. The van der Waals surface area contributed by atoms with Crippen LogP contribution in [0.5, 0.6) is 0 Å². The van der Waals surface area contributed by atoms with Gasteiger partial charge in [-0.1, -0.05) is 31.9 Å². The number of aliphatic hydroxyl groups is 1. The van der Waals surface area contributed by atoms with E-state index in [1.165, 1.54) is 17.0 Å². The molecule has 0 bridgehead atoms. The Balaban J connectivity index is 2.30. The predicted molar refractivity (Wildman–Crippen MR) is 82.1 cm³/mol. The SMILES string of the molecule is C=C(O)CN(C(=O)C1CCCCC1)c1cccc(C(F)(F)F)c1. The normalized spacial score (nSPS) is 16.1. The van der Waals surface area contributed by atoms with Crippen molar-refractivity contribution in [1.29, 1.82) is 0 Å². The molecule has 1 aliphatic rings. The molecule has 3 nitrogen and oxygen atoms in total. The summed E-state index contributed by atoms with van der Waals surface area (Å²) in [6.07, 6.45) is -0.0793. The number of hydrogen-bond acceptors (Lipinski definition) is 2. The second kappa shape index (κ2) is 7.06. The molecule has 0 aliphatic heterocycles. The maximum atomic E-state index is 12.9. The number of alkyl halides is 3. The lowest BCUT2D eigenvalue weighted by atomic mass is 9.88. The Morgan fingerprint density at radius 2 is 1.91 bits per heavy atom. The zero-order chi connectivity index (χ0) is 17.0. The van der Waals surface area contributed by atoms with Crippen LogP contribution in [-0.4, -0.2) is 17.6 Å². The zero-order valence-electron chi connectivity index (χ0n) is 12.8. The van der Waals surface area contributed by atoms with Crippen molar-refractivity contribution in [2.24, 2.45) is 5.92 Å². The molecule has 126 valence electrons. The number of hydrogen-bond donors (Lipinski definition) is 1. The summed E-state index contributed by atoms with van der Waals surface area (Å²) in [6, 6.07) is 4.60. The van der Waals surface area contributed by atoms with Crippen molar-refractivity contribution in [2.45, 2.75) is 38.3 Å². The van der Waals surface area contributed by atoms with Gasteiger partial charge in [0.05, 0.1) is 12.1 Å². The van der Waals surface area contributed by atoms with Gasteiger partial charge in [-0.05, 0) is 31.0 Å². The van der Waals surface area contributed by atoms with E-state index in [0.717, 1.165) is 44.2 Å². The fraction of sp³-hybridized carbons (Fsp3) is 0.471. The molecule has 23 heavy (non-hydrogen) atoms. The molecule has 0 unspecified atom stereocenters. The molecule has 2 rings (SSSR count). The van der Waals surface area contributed by atoms with Crippen LogP contribution < -0.4 is 4.90 Å². The van der Waals surface area contributed by atoms with Crippen molar-refractivity contribution in [1.82, 2.24) is 0 Å². The number of anilines is 1. The van der Waals surface area contributed by atoms with Crippen LogP contribution >= 0.6 is 0 Å². The average molecular weight is 327 g/mol. The van der Waals surface area contributed by atoms with Crippen LogP contribution in [0.1, 0.15) is 37.7 Å². The standard InChI is InChI=1S/C17H20F3NO2/c1-12(22)11-21(16(23)13-6-3-2-4-7-13)15-9-5-8-14(10-15)17(18,19)20/h5,8-10,13,22H,1-4,6-7,11H2. The van der Waals surface area contributed by atoms with E-state index in [1.54, 1.807) is 0 Å². The molecule has 1 N–H and O–H groups in total. The highest BCUT2D eigenvalue weighted by Crippen LogP contribution is 2.33. The summed E-state index contributed by atoms with van der Waals surface area (Å²) >= 11 is 0. The third-order valence-electron chi connectivity index (χ3n) is 4.05. The van der Waals surface area contributed by atoms with Gasteiger partial charge in [-0.2, -0.15) is 13.2 Å². The Kier molecular flexibility index (Phi) is 5.34. The lowest BCUT2D eigenvalue weighted by Crippen LogP contribution is -2.38. The quantitative estimate of drug-likeness (QED) is 0.815. The molecule has 0 aromatic heterocycles. The first kappa shape index (κ1) is 17.4. The van der Waals surface area contributed by atoms with E-state index in [1.807, 2.05) is 0 Å². The Bertz CT molecular complexity index is 577. The molecule has 6 heteroatoms. The average Bonchev–Trinajstić information content (AvgIpc) is 2.52. The van der Waals surface area contributed by atoms with Crippen LogP contribution in [-0.2, 0) is 11.0 Å². The van der Waals surface area contributed by atoms with Crippen LogP contribution in [0.15, 0.2) is 36.6 Å². The minimum absolute atomic E-state index is 0.130.